The lowest BCUT2D eigenvalue weighted by Gasteiger charge is -2.17. The van der Waals surface area contributed by atoms with E-state index in [1.165, 1.54) is 45.3 Å². The number of hydrogen-bond donors (Lipinski definition) is 1. The number of aliphatic hydroxyl groups is 1. The van der Waals surface area contributed by atoms with Crippen LogP contribution < -0.4 is 0 Å². The lowest BCUT2D eigenvalue weighted by atomic mass is 10.1. The minimum absolute atomic E-state index is 0.357. The Kier molecular flexibility index (Phi) is 9.94. The van der Waals surface area contributed by atoms with Gasteiger partial charge in [0.1, 0.15) is 0 Å². The second-order valence-corrected chi connectivity index (χ2v) is 3.52. The van der Waals surface area contributed by atoms with Crippen molar-refractivity contribution in [3.05, 3.63) is 0 Å². The standard InChI is InChI=1S/C11H25NO/c1-3-12(4-2)10-8-6-5-7-9-11-13/h13H,3-11H2,1-2H3. The third-order valence-electron chi connectivity index (χ3n) is 2.53. The maximum Gasteiger partial charge on any atom is 0.0431 e. The van der Waals surface area contributed by atoms with Gasteiger partial charge in [0.15, 0.2) is 0 Å². The zero-order valence-electron chi connectivity index (χ0n) is 9.26. The molecule has 0 aromatic rings. The molecule has 0 aliphatic rings. The van der Waals surface area contributed by atoms with Crippen LogP contribution in [0.15, 0.2) is 0 Å². The zero-order valence-corrected chi connectivity index (χ0v) is 9.26. The zero-order chi connectivity index (χ0) is 9.94. The summed E-state index contributed by atoms with van der Waals surface area (Å²) in [7, 11) is 0. The van der Waals surface area contributed by atoms with Crippen molar-refractivity contribution in [1.82, 2.24) is 4.90 Å². The van der Waals surface area contributed by atoms with Gasteiger partial charge in [-0.25, -0.2) is 0 Å². The Balaban J connectivity index is 3.05. The van der Waals surface area contributed by atoms with Crippen molar-refractivity contribution < 1.29 is 5.11 Å². The highest BCUT2D eigenvalue weighted by molar-refractivity contribution is 4.52. The molecule has 0 bridgehead atoms. The third-order valence-corrected chi connectivity index (χ3v) is 2.53. The Hall–Kier alpha value is -0.0800. The van der Waals surface area contributed by atoms with E-state index < -0.39 is 0 Å². The number of rotatable bonds is 9. The first-order valence-corrected chi connectivity index (χ1v) is 5.68. The van der Waals surface area contributed by atoms with E-state index in [1.54, 1.807) is 0 Å². The van der Waals surface area contributed by atoms with Crippen molar-refractivity contribution in [2.75, 3.05) is 26.2 Å². The van der Waals surface area contributed by atoms with Gasteiger partial charge in [0.25, 0.3) is 0 Å². The minimum Gasteiger partial charge on any atom is -0.396 e. The van der Waals surface area contributed by atoms with Gasteiger partial charge in [0, 0.05) is 6.61 Å². The SMILES string of the molecule is CCN(CC)CCCCCCCO. The summed E-state index contributed by atoms with van der Waals surface area (Å²) in [5, 5.41) is 8.58. The molecule has 0 aliphatic heterocycles. The van der Waals surface area contributed by atoms with E-state index in [4.69, 9.17) is 5.11 Å². The summed E-state index contributed by atoms with van der Waals surface area (Å²) in [6, 6.07) is 0. The highest BCUT2D eigenvalue weighted by Crippen LogP contribution is 2.03. The Morgan fingerprint density at radius 1 is 0.846 bits per heavy atom. The van der Waals surface area contributed by atoms with E-state index in [-0.39, 0.29) is 0 Å². The van der Waals surface area contributed by atoms with Crippen LogP contribution in [0, 0.1) is 0 Å². The molecule has 0 spiro atoms. The molecule has 0 fully saturated rings. The van der Waals surface area contributed by atoms with Crippen LogP contribution in [0.25, 0.3) is 0 Å². The van der Waals surface area contributed by atoms with E-state index in [1.807, 2.05) is 0 Å². The summed E-state index contributed by atoms with van der Waals surface area (Å²) in [4.78, 5) is 2.46. The molecule has 0 aromatic carbocycles. The lowest BCUT2D eigenvalue weighted by Crippen LogP contribution is -2.23. The van der Waals surface area contributed by atoms with Crippen LogP contribution in [0.2, 0.25) is 0 Å². The molecule has 0 radical (unpaired) electrons. The molecule has 0 amide bonds. The molecule has 0 aromatic heterocycles. The van der Waals surface area contributed by atoms with Gasteiger partial charge in [0.2, 0.25) is 0 Å². The van der Waals surface area contributed by atoms with E-state index in [0.717, 1.165) is 6.42 Å². The molecule has 0 saturated carbocycles. The first-order chi connectivity index (χ1) is 6.35. The average molecular weight is 187 g/mol. The van der Waals surface area contributed by atoms with Crippen molar-refractivity contribution in [3.63, 3.8) is 0 Å². The van der Waals surface area contributed by atoms with Gasteiger partial charge >= 0.3 is 0 Å². The highest BCUT2D eigenvalue weighted by atomic mass is 16.2. The largest absolute Gasteiger partial charge is 0.396 e. The highest BCUT2D eigenvalue weighted by Gasteiger charge is 1.97. The van der Waals surface area contributed by atoms with Crippen molar-refractivity contribution in [2.24, 2.45) is 0 Å². The molecule has 0 saturated heterocycles. The summed E-state index contributed by atoms with van der Waals surface area (Å²) in [5.41, 5.74) is 0. The van der Waals surface area contributed by atoms with Gasteiger partial charge in [-0.05, 0) is 32.5 Å². The van der Waals surface area contributed by atoms with Gasteiger partial charge < -0.3 is 10.0 Å². The van der Waals surface area contributed by atoms with Crippen LogP contribution in [0.1, 0.15) is 46.0 Å². The van der Waals surface area contributed by atoms with Crippen LogP contribution >= 0.6 is 0 Å². The molecule has 0 heterocycles. The van der Waals surface area contributed by atoms with Gasteiger partial charge in [-0.15, -0.1) is 0 Å². The van der Waals surface area contributed by atoms with Gasteiger partial charge in [-0.1, -0.05) is 33.1 Å². The maximum atomic E-state index is 8.58. The first kappa shape index (κ1) is 12.9. The summed E-state index contributed by atoms with van der Waals surface area (Å²) in [5.74, 6) is 0. The Labute approximate surface area is 82.9 Å². The molecule has 0 aliphatic carbocycles. The minimum atomic E-state index is 0.357. The summed E-state index contributed by atoms with van der Waals surface area (Å²) in [6.07, 6.45) is 6.07. The predicted octanol–water partition coefficient (Wildman–Crippen LogP) is 2.27. The second-order valence-electron chi connectivity index (χ2n) is 3.52. The van der Waals surface area contributed by atoms with Crippen molar-refractivity contribution >= 4 is 0 Å². The van der Waals surface area contributed by atoms with Gasteiger partial charge in [-0.3, -0.25) is 0 Å². The Morgan fingerprint density at radius 3 is 1.92 bits per heavy atom. The number of hydrogen-bond acceptors (Lipinski definition) is 2. The topological polar surface area (TPSA) is 23.5 Å². The van der Waals surface area contributed by atoms with E-state index in [9.17, 15) is 0 Å². The second kappa shape index (κ2) is 10.0. The molecule has 2 nitrogen and oxygen atoms in total. The van der Waals surface area contributed by atoms with E-state index in [0.29, 0.717) is 6.61 Å². The first-order valence-electron chi connectivity index (χ1n) is 5.68. The van der Waals surface area contributed by atoms with Crippen molar-refractivity contribution in [3.8, 4) is 0 Å². The number of nitrogens with zero attached hydrogens (tertiary/aromatic N) is 1. The van der Waals surface area contributed by atoms with Gasteiger partial charge in [0.05, 0.1) is 0 Å². The normalized spacial score (nSPS) is 11.1. The van der Waals surface area contributed by atoms with Crippen LogP contribution in [-0.2, 0) is 0 Å². The average Bonchev–Trinajstić information content (AvgIpc) is 2.17. The van der Waals surface area contributed by atoms with Crippen molar-refractivity contribution in [2.45, 2.75) is 46.0 Å². The summed E-state index contributed by atoms with van der Waals surface area (Å²) in [6.45, 7) is 8.38. The molecule has 0 rings (SSSR count). The van der Waals surface area contributed by atoms with Crippen LogP contribution in [0.5, 0.6) is 0 Å². The fraction of sp³-hybridized carbons (Fsp3) is 1.00. The maximum absolute atomic E-state index is 8.58. The van der Waals surface area contributed by atoms with E-state index >= 15 is 0 Å². The monoisotopic (exact) mass is 187 g/mol. The van der Waals surface area contributed by atoms with Crippen LogP contribution in [0.4, 0.5) is 0 Å². The molecule has 13 heavy (non-hydrogen) atoms. The molecule has 80 valence electrons. The molecular formula is C11H25NO. The number of unbranched alkanes of at least 4 members (excludes halogenated alkanes) is 4. The summed E-state index contributed by atoms with van der Waals surface area (Å²) >= 11 is 0. The van der Waals surface area contributed by atoms with Gasteiger partial charge in [-0.2, -0.15) is 0 Å². The molecule has 1 N–H and O–H groups in total. The molecule has 2 heteroatoms. The fourth-order valence-corrected chi connectivity index (χ4v) is 1.52. The van der Waals surface area contributed by atoms with E-state index in [2.05, 4.69) is 18.7 Å². The Morgan fingerprint density at radius 2 is 1.38 bits per heavy atom. The molecule has 0 atom stereocenters. The third kappa shape index (κ3) is 8.26. The Bertz CT molecular complexity index is 92.1. The quantitative estimate of drug-likeness (QED) is 0.560. The molecule has 0 unspecified atom stereocenters. The van der Waals surface area contributed by atoms with Crippen LogP contribution in [-0.4, -0.2) is 36.2 Å². The van der Waals surface area contributed by atoms with Crippen molar-refractivity contribution in [1.29, 1.82) is 0 Å². The van der Waals surface area contributed by atoms with Crippen LogP contribution in [0.3, 0.4) is 0 Å². The predicted molar refractivity (Wildman–Crippen MR) is 58.0 cm³/mol. The summed E-state index contributed by atoms with van der Waals surface area (Å²) < 4.78 is 0. The smallest absolute Gasteiger partial charge is 0.0431 e. The lowest BCUT2D eigenvalue weighted by molar-refractivity contribution is 0.277. The number of aliphatic hydroxyl groups excluding tert-OH is 1. The molecular weight excluding hydrogens is 162 g/mol. The fourth-order valence-electron chi connectivity index (χ4n) is 1.52.